The van der Waals surface area contributed by atoms with Crippen molar-refractivity contribution in [2.24, 2.45) is 11.3 Å². The average molecular weight is 286 g/mol. The third-order valence-electron chi connectivity index (χ3n) is 4.66. The van der Waals surface area contributed by atoms with Gasteiger partial charge < -0.3 is 4.74 Å². The van der Waals surface area contributed by atoms with Crippen LogP contribution in [0.5, 0.6) is 0 Å². The quantitative estimate of drug-likeness (QED) is 0.486. The number of benzene rings is 1. The maximum atomic E-state index is 13.1. The minimum atomic E-state index is -1.14. The van der Waals surface area contributed by atoms with Crippen LogP contribution in [0.15, 0.2) is 24.8 Å². The Balaban J connectivity index is 2.65. The van der Waals surface area contributed by atoms with E-state index in [0.29, 0.717) is 18.4 Å². The average Bonchev–Trinajstić information content (AvgIpc) is 2.45. The molecule has 0 unspecified atom stereocenters. The molecule has 1 aromatic rings. The van der Waals surface area contributed by atoms with E-state index in [-0.39, 0.29) is 11.7 Å². The number of aryl methyl sites for hydroxylation is 3. The van der Waals surface area contributed by atoms with Gasteiger partial charge in [0.05, 0.1) is 7.11 Å². The fourth-order valence-corrected chi connectivity index (χ4v) is 3.44. The highest BCUT2D eigenvalue weighted by molar-refractivity contribution is 6.15. The zero-order valence-electron chi connectivity index (χ0n) is 13.2. The summed E-state index contributed by atoms with van der Waals surface area (Å²) in [6, 6.07) is 4.03. The van der Waals surface area contributed by atoms with Gasteiger partial charge in [-0.05, 0) is 43.7 Å². The number of ether oxygens (including phenoxy) is 1. The zero-order valence-corrected chi connectivity index (χ0v) is 13.2. The molecule has 0 aromatic heterocycles. The standard InChI is InChI=1S/C18H22O3/c1-6-13(4)18(17(20)21-5)8-7-14-10-11(2)9-12(3)15(14)16(18)19/h6,9-10,13H,1,7-8H2,2-5H3/t13-,18-/m0/s1. The minimum Gasteiger partial charge on any atom is -0.468 e. The van der Waals surface area contributed by atoms with E-state index in [9.17, 15) is 9.59 Å². The molecule has 0 saturated heterocycles. The van der Waals surface area contributed by atoms with Crippen molar-refractivity contribution >= 4 is 11.8 Å². The minimum absolute atomic E-state index is 0.125. The summed E-state index contributed by atoms with van der Waals surface area (Å²) < 4.78 is 4.96. The van der Waals surface area contributed by atoms with Crippen molar-refractivity contribution in [1.29, 1.82) is 0 Å². The smallest absolute Gasteiger partial charge is 0.320 e. The lowest BCUT2D eigenvalue weighted by molar-refractivity contribution is -0.152. The van der Waals surface area contributed by atoms with E-state index in [1.807, 2.05) is 32.9 Å². The number of allylic oxidation sites excluding steroid dienone is 1. The maximum absolute atomic E-state index is 13.1. The van der Waals surface area contributed by atoms with Gasteiger partial charge in [-0.1, -0.05) is 30.7 Å². The van der Waals surface area contributed by atoms with Crippen LogP contribution in [0.3, 0.4) is 0 Å². The number of fused-ring (bicyclic) bond motifs is 1. The highest BCUT2D eigenvalue weighted by Crippen LogP contribution is 2.44. The van der Waals surface area contributed by atoms with E-state index >= 15 is 0 Å². The molecule has 0 spiro atoms. The first-order valence-corrected chi connectivity index (χ1v) is 7.24. The van der Waals surface area contributed by atoms with Crippen LogP contribution in [0.25, 0.3) is 0 Å². The van der Waals surface area contributed by atoms with E-state index in [0.717, 1.165) is 16.7 Å². The van der Waals surface area contributed by atoms with Crippen molar-refractivity contribution in [3.05, 3.63) is 47.0 Å². The molecule has 21 heavy (non-hydrogen) atoms. The van der Waals surface area contributed by atoms with E-state index in [1.54, 1.807) is 6.08 Å². The molecular formula is C18H22O3. The summed E-state index contributed by atoms with van der Waals surface area (Å²) in [4.78, 5) is 25.5. The summed E-state index contributed by atoms with van der Waals surface area (Å²) in [6.45, 7) is 9.57. The van der Waals surface area contributed by atoms with Crippen molar-refractivity contribution in [1.82, 2.24) is 0 Å². The molecular weight excluding hydrogens is 264 g/mol. The molecule has 1 aliphatic carbocycles. The van der Waals surface area contributed by atoms with Crippen LogP contribution in [0.4, 0.5) is 0 Å². The number of carbonyl (C=O) groups is 2. The predicted octanol–water partition coefficient (Wildman–Crippen LogP) is 3.41. The summed E-state index contributed by atoms with van der Waals surface area (Å²) in [5, 5.41) is 0. The first-order chi connectivity index (χ1) is 9.88. The summed E-state index contributed by atoms with van der Waals surface area (Å²) in [5.41, 5.74) is 2.66. The molecule has 3 nitrogen and oxygen atoms in total. The highest BCUT2D eigenvalue weighted by atomic mass is 16.5. The normalized spacial score (nSPS) is 22.4. The summed E-state index contributed by atoms with van der Waals surface area (Å²) in [6.07, 6.45) is 2.85. The number of ketones is 1. The lowest BCUT2D eigenvalue weighted by atomic mass is 9.63. The van der Waals surface area contributed by atoms with Gasteiger partial charge in [0.2, 0.25) is 0 Å². The number of methoxy groups -OCH3 is 1. The predicted molar refractivity (Wildman–Crippen MR) is 82.4 cm³/mol. The molecule has 112 valence electrons. The Morgan fingerprint density at radius 2 is 2.10 bits per heavy atom. The number of carbonyl (C=O) groups excluding carboxylic acids is 2. The van der Waals surface area contributed by atoms with Gasteiger partial charge in [0.25, 0.3) is 0 Å². The Kier molecular flexibility index (Phi) is 4.04. The molecule has 1 aliphatic rings. The van der Waals surface area contributed by atoms with E-state index in [1.165, 1.54) is 7.11 Å². The first-order valence-electron chi connectivity index (χ1n) is 7.24. The summed E-state index contributed by atoms with van der Waals surface area (Å²) >= 11 is 0. The van der Waals surface area contributed by atoms with Crippen LogP contribution in [-0.4, -0.2) is 18.9 Å². The first kappa shape index (κ1) is 15.5. The zero-order chi connectivity index (χ0) is 15.8. The maximum Gasteiger partial charge on any atom is 0.320 e. The number of esters is 1. The third kappa shape index (κ3) is 2.21. The van der Waals surface area contributed by atoms with Crippen molar-refractivity contribution in [3.63, 3.8) is 0 Å². The molecule has 0 amide bonds. The van der Waals surface area contributed by atoms with Gasteiger partial charge in [0.1, 0.15) is 5.41 Å². The second-order valence-electron chi connectivity index (χ2n) is 5.93. The van der Waals surface area contributed by atoms with Gasteiger partial charge in [0.15, 0.2) is 5.78 Å². The molecule has 0 fully saturated rings. The van der Waals surface area contributed by atoms with Crippen LogP contribution in [0.1, 0.15) is 40.4 Å². The molecule has 0 bridgehead atoms. The molecule has 1 aromatic carbocycles. The topological polar surface area (TPSA) is 43.4 Å². The van der Waals surface area contributed by atoms with E-state index in [2.05, 4.69) is 6.58 Å². The van der Waals surface area contributed by atoms with Crippen molar-refractivity contribution in [2.45, 2.75) is 33.6 Å². The van der Waals surface area contributed by atoms with Gasteiger partial charge in [-0.3, -0.25) is 9.59 Å². The number of rotatable bonds is 3. The lowest BCUT2D eigenvalue weighted by Crippen LogP contribution is -2.48. The van der Waals surface area contributed by atoms with Crippen molar-refractivity contribution < 1.29 is 14.3 Å². The van der Waals surface area contributed by atoms with Crippen molar-refractivity contribution in [3.8, 4) is 0 Å². The summed E-state index contributed by atoms with van der Waals surface area (Å²) in [5.74, 6) is -0.836. The molecule has 2 atom stereocenters. The molecule has 0 saturated carbocycles. The summed E-state index contributed by atoms with van der Waals surface area (Å²) in [7, 11) is 1.34. The van der Waals surface area contributed by atoms with Crippen LogP contribution < -0.4 is 0 Å². The molecule has 2 rings (SSSR count). The van der Waals surface area contributed by atoms with Gasteiger partial charge in [-0.15, -0.1) is 6.58 Å². The number of hydrogen-bond acceptors (Lipinski definition) is 3. The Morgan fingerprint density at radius 3 is 2.67 bits per heavy atom. The SMILES string of the molecule is C=C[C@H](C)[C@@]1(C(=O)OC)CCc2cc(C)cc(C)c2C1=O. The van der Waals surface area contributed by atoms with Gasteiger partial charge >= 0.3 is 5.97 Å². The van der Waals surface area contributed by atoms with Gasteiger partial charge in [0, 0.05) is 5.56 Å². The van der Waals surface area contributed by atoms with Crippen LogP contribution in [0, 0.1) is 25.2 Å². The van der Waals surface area contributed by atoms with Crippen molar-refractivity contribution in [2.75, 3.05) is 7.11 Å². The van der Waals surface area contributed by atoms with E-state index < -0.39 is 11.4 Å². The van der Waals surface area contributed by atoms with Gasteiger partial charge in [-0.2, -0.15) is 0 Å². The molecule has 3 heteroatoms. The second-order valence-corrected chi connectivity index (χ2v) is 5.93. The fraction of sp³-hybridized carbons (Fsp3) is 0.444. The number of Topliss-reactive ketones (excluding diaryl/α,β-unsaturated/α-hetero) is 1. The van der Waals surface area contributed by atoms with Crippen LogP contribution in [0.2, 0.25) is 0 Å². The number of hydrogen-bond donors (Lipinski definition) is 0. The second kappa shape index (κ2) is 5.47. The van der Waals surface area contributed by atoms with Crippen LogP contribution in [-0.2, 0) is 16.0 Å². The fourth-order valence-electron chi connectivity index (χ4n) is 3.44. The Labute approximate surface area is 126 Å². The Hall–Kier alpha value is -1.90. The Bertz CT molecular complexity index is 615. The van der Waals surface area contributed by atoms with Crippen LogP contribution >= 0.6 is 0 Å². The molecule has 0 aliphatic heterocycles. The Morgan fingerprint density at radius 1 is 1.43 bits per heavy atom. The molecule has 0 heterocycles. The molecule has 0 N–H and O–H groups in total. The van der Waals surface area contributed by atoms with Gasteiger partial charge in [-0.25, -0.2) is 0 Å². The monoisotopic (exact) mass is 286 g/mol. The third-order valence-corrected chi connectivity index (χ3v) is 4.66. The van der Waals surface area contributed by atoms with E-state index in [4.69, 9.17) is 4.74 Å². The largest absolute Gasteiger partial charge is 0.468 e. The molecule has 0 radical (unpaired) electrons. The highest BCUT2D eigenvalue weighted by Gasteiger charge is 2.53. The lowest BCUT2D eigenvalue weighted by Gasteiger charge is -2.38.